The van der Waals surface area contributed by atoms with E-state index in [1.165, 1.54) is 0 Å². The van der Waals surface area contributed by atoms with Crippen molar-refractivity contribution in [1.29, 1.82) is 0 Å². The van der Waals surface area contributed by atoms with E-state index in [1.54, 1.807) is 13.0 Å². The number of ether oxygens (including phenoxy) is 1. The zero-order chi connectivity index (χ0) is 31.8. The van der Waals surface area contributed by atoms with E-state index in [2.05, 4.69) is 22.3 Å². The number of amides is 3. The van der Waals surface area contributed by atoms with Crippen LogP contribution < -0.4 is 5.32 Å². The Hall–Kier alpha value is -4.83. The van der Waals surface area contributed by atoms with Gasteiger partial charge in [-0.05, 0) is 31.0 Å². The van der Waals surface area contributed by atoms with Crippen LogP contribution in [0.15, 0.2) is 89.9 Å². The summed E-state index contributed by atoms with van der Waals surface area (Å²) in [4.78, 5) is 59.3. The molecule has 10 heteroatoms. The molecule has 10 nitrogen and oxygen atoms in total. The molecule has 0 saturated carbocycles. The number of benzene rings is 3. The molecule has 0 spiro atoms. The molecule has 2 aliphatic heterocycles. The van der Waals surface area contributed by atoms with Crippen molar-refractivity contribution in [2.45, 2.75) is 51.2 Å². The Labute approximate surface area is 262 Å². The summed E-state index contributed by atoms with van der Waals surface area (Å²) in [6, 6.07) is 24.9. The molecular formula is C35H38N4O6. The fraction of sp³-hybridized carbons (Fsp3) is 0.343. The van der Waals surface area contributed by atoms with Crippen LogP contribution in [0.4, 0.5) is 10.5 Å². The molecule has 5 rings (SSSR count). The molecule has 0 aliphatic carbocycles. The monoisotopic (exact) mass is 610 g/mol. The van der Waals surface area contributed by atoms with Gasteiger partial charge in [0.25, 0.3) is 0 Å². The number of anilines is 1. The molecule has 3 amide bonds. The van der Waals surface area contributed by atoms with E-state index in [0.717, 1.165) is 29.8 Å². The van der Waals surface area contributed by atoms with Gasteiger partial charge in [-0.1, -0.05) is 92.2 Å². The maximum absolute atomic E-state index is 13.7. The third-order valence-corrected chi connectivity index (χ3v) is 8.37. The number of carbonyl (C=O) groups is 4. The van der Waals surface area contributed by atoms with Crippen molar-refractivity contribution in [3.05, 3.63) is 102 Å². The lowest BCUT2D eigenvalue weighted by Crippen LogP contribution is -2.39. The maximum atomic E-state index is 13.7. The van der Waals surface area contributed by atoms with E-state index < -0.39 is 29.9 Å². The van der Waals surface area contributed by atoms with Gasteiger partial charge in [0.2, 0.25) is 11.8 Å². The first-order valence-electron chi connectivity index (χ1n) is 15.4. The van der Waals surface area contributed by atoms with Crippen LogP contribution in [0.2, 0.25) is 0 Å². The smallest absolute Gasteiger partial charge is 0.416 e. The lowest BCUT2D eigenvalue weighted by molar-refractivity contribution is -0.140. The number of carboxylic acid groups (broad SMARTS) is 1. The van der Waals surface area contributed by atoms with Crippen LogP contribution >= 0.6 is 0 Å². The van der Waals surface area contributed by atoms with Crippen molar-refractivity contribution in [2.75, 3.05) is 25.0 Å². The number of cyclic esters (lactones) is 1. The van der Waals surface area contributed by atoms with E-state index in [4.69, 9.17) is 9.73 Å². The van der Waals surface area contributed by atoms with Crippen molar-refractivity contribution in [2.24, 2.45) is 10.9 Å². The first-order chi connectivity index (χ1) is 21.9. The number of hydrogen-bond donors (Lipinski definition) is 2. The molecule has 2 fully saturated rings. The number of carbonyl (C=O) groups excluding carboxylic acids is 3. The predicted octanol–water partition coefficient (Wildman–Crippen LogP) is 4.98. The van der Waals surface area contributed by atoms with Crippen molar-refractivity contribution in [3.8, 4) is 0 Å². The molecule has 3 atom stereocenters. The number of nitrogens with one attached hydrogen (secondary N) is 1. The van der Waals surface area contributed by atoms with Crippen LogP contribution in [0.25, 0.3) is 0 Å². The van der Waals surface area contributed by atoms with Crippen LogP contribution in [0, 0.1) is 5.92 Å². The highest BCUT2D eigenvalue weighted by Gasteiger charge is 2.35. The fourth-order valence-electron chi connectivity index (χ4n) is 5.98. The van der Waals surface area contributed by atoms with Gasteiger partial charge < -0.3 is 15.2 Å². The number of aliphatic imine (C=N–C) groups is 1. The van der Waals surface area contributed by atoms with Crippen molar-refractivity contribution < 1.29 is 29.0 Å². The highest BCUT2D eigenvalue weighted by molar-refractivity contribution is 6.17. The Morgan fingerprint density at radius 2 is 1.67 bits per heavy atom. The number of aliphatic carboxylic acids is 1. The summed E-state index contributed by atoms with van der Waals surface area (Å²) in [7, 11) is 0. The molecule has 0 bridgehead atoms. The number of hydrogen-bond acceptors (Lipinski definition) is 7. The molecule has 2 N–H and O–H groups in total. The number of para-hydroxylation sites is 1. The van der Waals surface area contributed by atoms with Gasteiger partial charge in [0.05, 0.1) is 24.0 Å². The van der Waals surface area contributed by atoms with Crippen molar-refractivity contribution >= 4 is 35.3 Å². The molecule has 3 aromatic carbocycles. The fourth-order valence-corrected chi connectivity index (χ4v) is 5.98. The SMILES string of the molecule is CC[C@@H](CC(=O)N1CCOC1=O)[C@H](N=C(c1ccccc1)c1ccccc1NC(=O)[C@@H]1CCCN1Cc1ccccc1)C(=O)O. The van der Waals surface area contributed by atoms with Crippen LogP contribution in [0.1, 0.15) is 49.3 Å². The molecule has 2 aliphatic rings. The second kappa shape index (κ2) is 14.8. The highest BCUT2D eigenvalue weighted by Crippen LogP contribution is 2.27. The lowest BCUT2D eigenvalue weighted by atomic mass is 9.92. The standard InChI is InChI=1S/C35H38N4O6/c1-2-25(22-30(40)39-20-21-45-35(39)44)32(34(42)43)37-31(26-14-7-4-8-15-26)27-16-9-10-17-28(27)36-33(41)29-18-11-19-38(29)23-24-12-5-3-6-13-24/h3-10,12-17,25,29,32H,2,11,18-23H2,1H3,(H,36,41)(H,42,43)/t25-,29-,32-/m0/s1. The molecule has 3 aromatic rings. The minimum absolute atomic E-state index is 0.118. The van der Waals surface area contributed by atoms with E-state index in [0.29, 0.717) is 35.5 Å². The van der Waals surface area contributed by atoms with Gasteiger partial charge in [0, 0.05) is 30.0 Å². The Balaban J connectivity index is 1.45. The van der Waals surface area contributed by atoms with Gasteiger partial charge in [0.15, 0.2) is 6.04 Å². The average Bonchev–Trinajstić information content (AvgIpc) is 3.70. The number of imide groups is 1. The van der Waals surface area contributed by atoms with E-state index in [1.807, 2.05) is 66.7 Å². The van der Waals surface area contributed by atoms with Gasteiger partial charge in [-0.15, -0.1) is 0 Å². The minimum Gasteiger partial charge on any atom is -0.480 e. The van der Waals surface area contributed by atoms with Gasteiger partial charge in [-0.2, -0.15) is 0 Å². The molecule has 2 saturated heterocycles. The number of likely N-dealkylation sites (tertiary alicyclic amines) is 1. The third kappa shape index (κ3) is 7.64. The number of rotatable bonds is 12. The summed E-state index contributed by atoms with van der Waals surface area (Å²) in [6.07, 6.45) is 1.10. The first kappa shape index (κ1) is 31.6. The van der Waals surface area contributed by atoms with Gasteiger partial charge in [-0.25, -0.2) is 14.5 Å². The number of nitrogens with zero attached hydrogens (tertiary/aromatic N) is 3. The second-order valence-corrected chi connectivity index (χ2v) is 11.3. The summed E-state index contributed by atoms with van der Waals surface area (Å²) < 4.78 is 4.89. The van der Waals surface area contributed by atoms with Crippen LogP contribution in [0.5, 0.6) is 0 Å². The molecule has 2 heterocycles. The van der Waals surface area contributed by atoms with Gasteiger partial charge >= 0.3 is 12.1 Å². The molecule has 0 aromatic heterocycles. The van der Waals surface area contributed by atoms with Gasteiger partial charge in [-0.3, -0.25) is 19.5 Å². The average molecular weight is 611 g/mol. The largest absolute Gasteiger partial charge is 0.480 e. The summed E-state index contributed by atoms with van der Waals surface area (Å²) in [5.74, 6) is -2.49. The molecule has 234 valence electrons. The highest BCUT2D eigenvalue weighted by atomic mass is 16.6. The maximum Gasteiger partial charge on any atom is 0.416 e. The van der Waals surface area contributed by atoms with E-state index in [9.17, 15) is 24.3 Å². The minimum atomic E-state index is -1.28. The molecular weight excluding hydrogens is 572 g/mol. The second-order valence-electron chi connectivity index (χ2n) is 11.3. The predicted molar refractivity (Wildman–Crippen MR) is 170 cm³/mol. The van der Waals surface area contributed by atoms with E-state index >= 15 is 0 Å². The Morgan fingerprint density at radius 1 is 0.978 bits per heavy atom. The summed E-state index contributed by atoms with van der Waals surface area (Å²) in [5, 5.41) is 13.5. The topological polar surface area (TPSA) is 129 Å². The molecule has 45 heavy (non-hydrogen) atoms. The number of carboxylic acids is 1. The van der Waals surface area contributed by atoms with Crippen LogP contribution in [-0.2, 0) is 25.7 Å². The normalized spacial score (nSPS) is 18.3. The summed E-state index contributed by atoms with van der Waals surface area (Å²) >= 11 is 0. The van der Waals surface area contributed by atoms with Crippen molar-refractivity contribution in [3.63, 3.8) is 0 Å². The zero-order valence-corrected chi connectivity index (χ0v) is 25.3. The Morgan fingerprint density at radius 3 is 2.33 bits per heavy atom. The summed E-state index contributed by atoms with van der Waals surface area (Å²) in [6.45, 7) is 3.54. The zero-order valence-electron chi connectivity index (χ0n) is 25.3. The summed E-state index contributed by atoms with van der Waals surface area (Å²) in [5.41, 5.74) is 3.28. The first-order valence-corrected chi connectivity index (χ1v) is 15.4. The van der Waals surface area contributed by atoms with Crippen LogP contribution in [0.3, 0.4) is 0 Å². The Kier molecular flexibility index (Phi) is 10.4. The van der Waals surface area contributed by atoms with Crippen LogP contribution in [-0.4, -0.2) is 76.3 Å². The van der Waals surface area contributed by atoms with Crippen molar-refractivity contribution in [1.82, 2.24) is 9.80 Å². The lowest BCUT2D eigenvalue weighted by Gasteiger charge is -2.25. The quantitative estimate of drug-likeness (QED) is 0.277. The Bertz CT molecular complexity index is 1540. The molecule has 0 unspecified atom stereocenters. The molecule has 0 radical (unpaired) electrons. The van der Waals surface area contributed by atoms with Gasteiger partial charge in [0.1, 0.15) is 6.61 Å². The van der Waals surface area contributed by atoms with E-state index in [-0.39, 0.29) is 31.5 Å². The third-order valence-electron chi connectivity index (χ3n) is 8.37.